The van der Waals surface area contributed by atoms with E-state index >= 15 is 0 Å². The SMILES string of the molecule is CCc1ccc(C(C)NC(=O)COC(=O)c2ccc(OCc3csc(C)n3)cc2)cc1. The number of carbonyl (C=O) groups is 2. The zero-order valence-electron chi connectivity index (χ0n) is 17.9. The highest BCUT2D eigenvalue weighted by molar-refractivity contribution is 7.09. The smallest absolute Gasteiger partial charge is 0.338 e. The van der Waals surface area contributed by atoms with Gasteiger partial charge in [0.1, 0.15) is 12.4 Å². The van der Waals surface area contributed by atoms with Crippen molar-refractivity contribution in [1.29, 1.82) is 0 Å². The standard InChI is InChI=1S/C24H26N2O4S/c1-4-18-5-7-19(8-6-18)16(2)25-23(27)14-30-24(28)20-9-11-22(12-10-20)29-13-21-15-31-17(3)26-21/h5-12,15-16H,4,13-14H2,1-3H3,(H,25,27). The largest absolute Gasteiger partial charge is 0.487 e. The minimum Gasteiger partial charge on any atom is -0.487 e. The van der Waals surface area contributed by atoms with Gasteiger partial charge in [-0.2, -0.15) is 0 Å². The average Bonchev–Trinajstić information content (AvgIpc) is 3.21. The van der Waals surface area contributed by atoms with Gasteiger partial charge in [-0.25, -0.2) is 9.78 Å². The van der Waals surface area contributed by atoms with Crippen LogP contribution in [0.5, 0.6) is 5.75 Å². The number of thiazole rings is 1. The van der Waals surface area contributed by atoms with Crippen LogP contribution >= 0.6 is 11.3 Å². The molecule has 0 spiro atoms. The van der Waals surface area contributed by atoms with E-state index in [4.69, 9.17) is 9.47 Å². The van der Waals surface area contributed by atoms with Crippen LogP contribution in [0.4, 0.5) is 0 Å². The summed E-state index contributed by atoms with van der Waals surface area (Å²) in [5.41, 5.74) is 3.46. The van der Waals surface area contributed by atoms with Gasteiger partial charge in [0.15, 0.2) is 6.61 Å². The van der Waals surface area contributed by atoms with Crippen LogP contribution in [0.1, 0.15) is 52.1 Å². The second-order valence-corrected chi connectivity index (χ2v) is 8.19. The van der Waals surface area contributed by atoms with E-state index in [9.17, 15) is 9.59 Å². The summed E-state index contributed by atoms with van der Waals surface area (Å²) in [7, 11) is 0. The van der Waals surface area contributed by atoms with Gasteiger partial charge in [-0.3, -0.25) is 4.79 Å². The van der Waals surface area contributed by atoms with Crippen LogP contribution in [0, 0.1) is 6.92 Å². The average molecular weight is 439 g/mol. The summed E-state index contributed by atoms with van der Waals surface area (Å²) in [6, 6.07) is 14.5. The lowest BCUT2D eigenvalue weighted by molar-refractivity contribution is -0.124. The lowest BCUT2D eigenvalue weighted by atomic mass is 10.1. The maximum absolute atomic E-state index is 12.2. The van der Waals surface area contributed by atoms with Crippen molar-refractivity contribution in [3.05, 3.63) is 81.3 Å². The molecule has 162 valence electrons. The Morgan fingerprint density at radius 3 is 2.42 bits per heavy atom. The molecule has 1 aromatic heterocycles. The molecule has 0 aliphatic heterocycles. The van der Waals surface area contributed by atoms with E-state index in [1.165, 1.54) is 5.56 Å². The molecule has 3 rings (SSSR count). The van der Waals surface area contributed by atoms with Gasteiger partial charge in [-0.15, -0.1) is 11.3 Å². The molecule has 0 saturated heterocycles. The molecule has 0 fully saturated rings. The van der Waals surface area contributed by atoms with Crippen molar-refractivity contribution in [1.82, 2.24) is 10.3 Å². The summed E-state index contributed by atoms with van der Waals surface area (Å²) in [6.07, 6.45) is 0.968. The molecule has 7 heteroatoms. The number of nitrogens with one attached hydrogen (secondary N) is 1. The van der Waals surface area contributed by atoms with Crippen LogP contribution in [0.3, 0.4) is 0 Å². The van der Waals surface area contributed by atoms with Crippen LogP contribution in [-0.2, 0) is 22.6 Å². The van der Waals surface area contributed by atoms with E-state index in [0.717, 1.165) is 22.7 Å². The van der Waals surface area contributed by atoms with Gasteiger partial charge < -0.3 is 14.8 Å². The van der Waals surface area contributed by atoms with E-state index in [1.807, 2.05) is 43.5 Å². The van der Waals surface area contributed by atoms with Crippen LogP contribution in [-0.4, -0.2) is 23.5 Å². The number of esters is 1. The number of amides is 1. The quantitative estimate of drug-likeness (QED) is 0.493. The first-order valence-electron chi connectivity index (χ1n) is 10.1. The number of nitrogens with zero attached hydrogens (tertiary/aromatic N) is 1. The van der Waals surface area contributed by atoms with Crippen molar-refractivity contribution in [2.75, 3.05) is 6.61 Å². The second-order valence-electron chi connectivity index (χ2n) is 7.13. The number of benzene rings is 2. The summed E-state index contributed by atoms with van der Waals surface area (Å²) in [5.74, 6) is -0.279. The van der Waals surface area contributed by atoms with Crippen molar-refractivity contribution in [2.45, 2.75) is 39.8 Å². The highest BCUT2D eigenvalue weighted by atomic mass is 32.1. The molecule has 6 nitrogen and oxygen atoms in total. The van der Waals surface area contributed by atoms with Crippen molar-refractivity contribution in [3.8, 4) is 5.75 Å². The number of rotatable bonds is 9. The fourth-order valence-corrected chi connectivity index (χ4v) is 3.54. The molecule has 1 unspecified atom stereocenters. The molecule has 1 N–H and O–H groups in total. The Kier molecular flexibility index (Phi) is 7.78. The van der Waals surface area contributed by atoms with E-state index in [1.54, 1.807) is 35.6 Å². The van der Waals surface area contributed by atoms with Gasteiger partial charge in [0.05, 0.1) is 22.3 Å². The fourth-order valence-electron chi connectivity index (χ4n) is 2.94. The van der Waals surface area contributed by atoms with E-state index in [0.29, 0.717) is 17.9 Å². The van der Waals surface area contributed by atoms with Crippen molar-refractivity contribution < 1.29 is 19.1 Å². The molecule has 1 amide bonds. The first kappa shape index (κ1) is 22.5. The van der Waals surface area contributed by atoms with Crippen LogP contribution in [0.15, 0.2) is 53.9 Å². The number of carbonyl (C=O) groups excluding carboxylic acids is 2. The Bertz CT molecular complexity index is 1010. The molecule has 0 aliphatic rings. The van der Waals surface area contributed by atoms with Crippen molar-refractivity contribution in [3.63, 3.8) is 0 Å². The van der Waals surface area contributed by atoms with Gasteiger partial charge in [-0.1, -0.05) is 31.2 Å². The molecule has 1 heterocycles. The molecule has 0 aliphatic carbocycles. The Balaban J connectivity index is 1.44. The predicted octanol–water partition coefficient (Wildman–Crippen LogP) is 4.63. The van der Waals surface area contributed by atoms with E-state index < -0.39 is 5.97 Å². The Morgan fingerprint density at radius 1 is 1.10 bits per heavy atom. The molecule has 0 saturated carbocycles. The molecule has 2 aromatic carbocycles. The van der Waals surface area contributed by atoms with Crippen LogP contribution in [0.2, 0.25) is 0 Å². The van der Waals surface area contributed by atoms with Gasteiger partial charge >= 0.3 is 5.97 Å². The number of aromatic nitrogens is 1. The third-order valence-corrected chi connectivity index (χ3v) is 5.57. The minimum absolute atomic E-state index is 0.171. The molecule has 1 atom stereocenters. The molecular weight excluding hydrogens is 412 g/mol. The summed E-state index contributed by atoms with van der Waals surface area (Å²) >= 11 is 1.57. The number of hydrogen-bond donors (Lipinski definition) is 1. The molecule has 31 heavy (non-hydrogen) atoms. The normalized spacial score (nSPS) is 11.6. The predicted molar refractivity (Wildman–Crippen MR) is 120 cm³/mol. The van der Waals surface area contributed by atoms with Crippen molar-refractivity contribution >= 4 is 23.2 Å². The van der Waals surface area contributed by atoms with Gasteiger partial charge in [0, 0.05) is 5.38 Å². The summed E-state index contributed by atoms with van der Waals surface area (Å²) in [5, 5.41) is 5.78. The monoisotopic (exact) mass is 438 g/mol. The first-order chi connectivity index (χ1) is 14.9. The van der Waals surface area contributed by atoms with Gasteiger partial charge in [-0.05, 0) is 55.7 Å². The summed E-state index contributed by atoms with van der Waals surface area (Å²) in [6.45, 7) is 5.97. The number of ether oxygens (including phenoxy) is 2. The zero-order chi connectivity index (χ0) is 22.2. The Morgan fingerprint density at radius 2 is 1.81 bits per heavy atom. The van der Waals surface area contributed by atoms with Crippen molar-refractivity contribution in [2.24, 2.45) is 0 Å². The Hall–Kier alpha value is -3.19. The third kappa shape index (κ3) is 6.65. The zero-order valence-corrected chi connectivity index (χ0v) is 18.7. The number of aryl methyl sites for hydroxylation is 2. The lowest BCUT2D eigenvalue weighted by Gasteiger charge is -2.15. The fraction of sp³-hybridized carbons (Fsp3) is 0.292. The molecular formula is C24H26N2O4S. The lowest BCUT2D eigenvalue weighted by Crippen LogP contribution is -2.31. The van der Waals surface area contributed by atoms with E-state index in [2.05, 4.69) is 17.2 Å². The maximum atomic E-state index is 12.2. The van der Waals surface area contributed by atoms with Crippen LogP contribution < -0.4 is 10.1 Å². The second kappa shape index (κ2) is 10.7. The maximum Gasteiger partial charge on any atom is 0.338 e. The Labute approximate surface area is 186 Å². The molecule has 3 aromatic rings. The summed E-state index contributed by atoms with van der Waals surface area (Å²) in [4.78, 5) is 28.7. The molecule has 0 bridgehead atoms. The minimum atomic E-state index is -0.559. The van der Waals surface area contributed by atoms with Gasteiger partial charge in [0.2, 0.25) is 0 Å². The van der Waals surface area contributed by atoms with Crippen LogP contribution in [0.25, 0.3) is 0 Å². The topological polar surface area (TPSA) is 77.5 Å². The van der Waals surface area contributed by atoms with Gasteiger partial charge in [0.25, 0.3) is 5.91 Å². The molecule has 0 radical (unpaired) electrons. The number of hydrogen-bond acceptors (Lipinski definition) is 6. The summed E-state index contributed by atoms with van der Waals surface area (Å²) < 4.78 is 10.8. The highest BCUT2D eigenvalue weighted by Crippen LogP contribution is 2.16. The first-order valence-corrected chi connectivity index (χ1v) is 11.0. The third-order valence-electron chi connectivity index (χ3n) is 4.74. The van der Waals surface area contributed by atoms with E-state index in [-0.39, 0.29) is 18.6 Å². The highest BCUT2D eigenvalue weighted by Gasteiger charge is 2.13.